The Morgan fingerprint density at radius 1 is 1.18 bits per heavy atom. The van der Waals surface area contributed by atoms with Crippen molar-refractivity contribution in [2.45, 2.75) is 19.4 Å². The van der Waals surface area contributed by atoms with Crippen molar-refractivity contribution >= 4 is 5.91 Å². The fourth-order valence-corrected chi connectivity index (χ4v) is 4.21. The molecule has 9 nitrogen and oxygen atoms in total. The van der Waals surface area contributed by atoms with E-state index >= 15 is 0 Å². The normalized spacial score (nSPS) is 14.9. The van der Waals surface area contributed by atoms with Crippen molar-refractivity contribution in [3.05, 3.63) is 88.9 Å². The SMILES string of the molecule is Cc1ccc(-c2[nH]nc3c2[C@@H](c2cn(CC(N)=O)nc2-c2ccccc2)C(C#N)=C(N)O3)cc1. The maximum atomic E-state index is 11.6. The van der Waals surface area contributed by atoms with Gasteiger partial charge in [-0.25, -0.2) is 0 Å². The average molecular weight is 451 g/mol. The fraction of sp³-hybridized carbons (Fsp3) is 0.120. The Morgan fingerprint density at radius 3 is 2.59 bits per heavy atom. The second kappa shape index (κ2) is 8.26. The molecule has 5 N–H and O–H groups in total. The van der Waals surface area contributed by atoms with E-state index in [2.05, 4.69) is 21.4 Å². The summed E-state index contributed by atoms with van der Waals surface area (Å²) in [4.78, 5) is 11.6. The van der Waals surface area contributed by atoms with Crippen LogP contribution in [0.3, 0.4) is 0 Å². The highest BCUT2D eigenvalue weighted by molar-refractivity contribution is 5.76. The first kappa shape index (κ1) is 21.0. The summed E-state index contributed by atoms with van der Waals surface area (Å²) in [6.45, 7) is 1.90. The molecule has 2 aromatic heterocycles. The monoisotopic (exact) mass is 451 g/mol. The minimum atomic E-state index is -0.624. The van der Waals surface area contributed by atoms with Gasteiger partial charge in [0.1, 0.15) is 18.2 Å². The van der Waals surface area contributed by atoms with E-state index in [9.17, 15) is 10.1 Å². The molecule has 1 aliphatic rings. The molecule has 0 unspecified atom stereocenters. The lowest BCUT2D eigenvalue weighted by Crippen LogP contribution is -2.21. The zero-order valence-electron chi connectivity index (χ0n) is 18.3. The Kier molecular flexibility index (Phi) is 5.11. The van der Waals surface area contributed by atoms with Crippen molar-refractivity contribution in [3.8, 4) is 34.5 Å². The lowest BCUT2D eigenvalue weighted by atomic mass is 9.82. The van der Waals surface area contributed by atoms with Crippen molar-refractivity contribution in [3.63, 3.8) is 0 Å². The summed E-state index contributed by atoms with van der Waals surface area (Å²) in [6.07, 6.45) is 1.73. The Balaban J connectivity index is 1.76. The topological polar surface area (TPSA) is 149 Å². The molecule has 1 atom stereocenters. The number of nitrogens with two attached hydrogens (primary N) is 2. The molecule has 9 heteroatoms. The Bertz CT molecular complexity index is 1460. The van der Waals surface area contributed by atoms with E-state index in [-0.39, 0.29) is 18.0 Å². The molecule has 0 saturated carbocycles. The van der Waals surface area contributed by atoms with Crippen molar-refractivity contribution in [2.24, 2.45) is 11.5 Å². The van der Waals surface area contributed by atoms with Crippen LogP contribution in [0.2, 0.25) is 0 Å². The Labute approximate surface area is 195 Å². The summed E-state index contributed by atoms with van der Waals surface area (Å²) < 4.78 is 7.20. The van der Waals surface area contributed by atoms with Crippen LogP contribution in [0, 0.1) is 18.3 Å². The molecule has 1 aliphatic heterocycles. The number of primary amides is 1. The molecule has 5 rings (SSSR count). The van der Waals surface area contributed by atoms with E-state index in [0.29, 0.717) is 28.4 Å². The predicted molar refractivity (Wildman–Crippen MR) is 125 cm³/mol. The molecular formula is C25H21N7O2. The predicted octanol–water partition coefficient (Wildman–Crippen LogP) is 2.95. The molecule has 0 fully saturated rings. The van der Waals surface area contributed by atoms with Crippen molar-refractivity contribution in [1.29, 1.82) is 5.26 Å². The van der Waals surface area contributed by atoms with Crippen molar-refractivity contribution in [1.82, 2.24) is 20.0 Å². The molecule has 34 heavy (non-hydrogen) atoms. The number of carbonyl (C=O) groups is 1. The van der Waals surface area contributed by atoms with E-state index in [1.165, 1.54) is 4.68 Å². The van der Waals surface area contributed by atoms with Crippen LogP contribution in [0.15, 0.2) is 72.3 Å². The van der Waals surface area contributed by atoms with E-state index in [1.54, 1.807) is 6.20 Å². The van der Waals surface area contributed by atoms with Gasteiger partial charge >= 0.3 is 0 Å². The summed E-state index contributed by atoms with van der Waals surface area (Å²) in [5, 5.41) is 22.1. The number of rotatable bonds is 5. The summed E-state index contributed by atoms with van der Waals surface area (Å²) in [7, 11) is 0. The summed E-state index contributed by atoms with van der Waals surface area (Å²) in [5.74, 6) is -0.886. The minimum absolute atomic E-state index is 0.0244. The van der Waals surface area contributed by atoms with Crippen molar-refractivity contribution in [2.75, 3.05) is 0 Å². The van der Waals surface area contributed by atoms with Gasteiger partial charge in [0.2, 0.25) is 17.7 Å². The summed E-state index contributed by atoms with van der Waals surface area (Å²) >= 11 is 0. The molecule has 168 valence electrons. The van der Waals surface area contributed by atoms with E-state index in [4.69, 9.17) is 16.2 Å². The molecule has 0 radical (unpaired) electrons. The number of aryl methyl sites for hydroxylation is 1. The first-order valence-electron chi connectivity index (χ1n) is 10.6. The molecule has 0 spiro atoms. The largest absolute Gasteiger partial charge is 0.420 e. The standard InChI is InChI=1S/C25H21N7O2/c1-14-7-9-16(10-8-14)23-21-20(17(11-26)24(28)34-25(21)30-29-23)18-12-32(13-19(27)33)31-22(18)15-5-3-2-4-6-15/h2-10,12,20H,13,28H2,1H3,(H2,27,33)(H,29,30)/t20-/m1/s1. The number of amides is 1. The van der Waals surface area contributed by atoms with E-state index < -0.39 is 11.8 Å². The zero-order chi connectivity index (χ0) is 23.8. The molecular weight excluding hydrogens is 430 g/mol. The van der Waals surface area contributed by atoms with Crippen LogP contribution in [0.25, 0.3) is 22.5 Å². The van der Waals surface area contributed by atoms with Crippen LogP contribution in [0.1, 0.15) is 22.6 Å². The van der Waals surface area contributed by atoms with Gasteiger partial charge in [0.15, 0.2) is 0 Å². The van der Waals surface area contributed by atoms with Crippen LogP contribution < -0.4 is 16.2 Å². The summed E-state index contributed by atoms with van der Waals surface area (Å²) in [5.41, 5.74) is 17.3. The van der Waals surface area contributed by atoms with Gasteiger partial charge in [-0.2, -0.15) is 10.4 Å². The first-order chi connectivity index (χ1) is 16.5. The quantitative estimate of drug-likeness (QED) is 0.425. The number of ether oxygens (including phenoxy) is 1. The number of H-pyrrole nitrogens is 1. The molecule has 0 saturated heterocycles. The number of benzene rings is 2. The fourth-order valence-electron chi connectivity index (χ4n) is 4.21. The van der Waals surface area contributed by atoms with Crippen LogP contribution in [-0.4, -0.2) is 25.9 Å². The maximum Gasteiger partial charge on any atom is 0.244 e. The van der Waals surface area contributed by atoms with Gasteiger partial charge in [0, 0.05) is 22.9 Å². The zero-order valence-corrected chi connectivity index (χ0v) is 18.3. The average Bonchev–Trinajstić information content (AvgIpc) is 3.43. The van der Waals surface area contributed by atoms with Gasteiger partial charge in [-0.15, -0.1) is 5.10 Å². The molecule has 4 aromatic rings. The number of allylic oxidation sites excluding steroid dienone is 1. The van der Waals surface area contributed by atoms with Crippen molar-refractivity contribution < 1.29 is 9.53 Å². The number of carbonyl (C=O) groups excluding carboxylic acids is 1. The molecule has 0 aliphatic carbocycles. The van der Waals surface area contributed by atoms with Gasteiger partial charge in [0.25, 0.3) is 0 Å². The smallest absolute Gasteiger partial charge is 0.244 e. The molecule has 3 heterocycles. The molecule has 1 amide bonds. The third-order valence-corrected chi connectivity index (χ3v) is 5.75. The van der Waals surface area contributed by atoms with Gasteiger partial charge in [-0.1, -0.05) is 60.2 Å². The number of aromatic amines is 1. The summed E-state index contributed by atoms with van der Waals surface area (Å²) in [6, 6.07) is 19.7. The Hall–Kier alpha value is -4.84. The third-order valence-electron chi connectivity index (χ3n) is 5.75. The number of nitriles is 1. The lowest BCUT2D eigenvalue weighted by Gasteiger charge is -2.24. The number of hydrogen-bond donors (Lipinski definition) is 3. The van der Waals surface area contributed by atoms with Gasteiger partial charge in [-0.3, -0.25) is 14.6 Å². The number of hydrogen-bond acceptors (Lipinski definition) is 6. The molecule has 0 bridgehead atoms. The van der Waals surface area contributed by atoms with Crippen LogP contribution in [-0.2, 0) is 11.3 Å². The van der Waals surface area contributed by atoms with Crippen LogP contribution in [0.5, 0.6) is 5.88 Å². The second-order valence-electron chi connectivity index (χ2n) is 8.07. The highest BCUT2D eigenvalue weighted by atomic mass is 16.5. The minimum Gasteiger partial charge on any atom is -0.420 e. The number of nitrogens with zero attached hydrogens (tertiary/aromatic N) is 4. The van der Waals surface area contributed by atoms with Crippen LogP contribution >= 0.6 is 0 Å². The van der Waals surface area contributed by atoms with Crippen LogP contribution in [0.4, 0.5) is 0 Å². The highest BCUT2D eigenvalue weighted by Crippen LogP contribution is 2.47. The van der Waals surface area contributed by atoms with Gasteiger partial charge in [-0.05, 0) is 6.92 Å². The number of fused-ring (bicyclic) bond motifs is 1. The Morgan fingerprint density at radius 2 is 1.91 bits per heavy atom. The highest BCUT2D eigenvalue weighted by Gasteiger charge is 2.38. The molecule has 2 aromatic carbocycles. The lowest BCUT2D eigenvalue weighted by molar-refractivity contribution is -0.118. The second-order valence-corrected chi connectivity index (χ2v) is 8.07. The first-order valence-corrected chi connectivity index (χ1v) is 10.6. The van der Waals surface area contributed by atoms with E-state index in [1.807, 2.05) is 61.5 Å². The maximum absolute atomic E-state index is 11.6. The van der Waals surface area contributed by atoms with Gasteiger partial charge in [0.05, 0.1) is 22.9 Å². The van der Waals surface area contributed by atoms with Gasteiger partial charge < -0.3 is 16.2 Å². The third kappa shape index (κ3) is 3.57. The van der Waals surface area contributed by atoms with E-state index in [0.717, 1.165) is 16.7 Å². The number of aromatic nitrogens is 4. The number of nitrogens with one attached hydrogen (secondary N) is 1.